The molecule has 0 radical (unpaired) electrons. The molecule has 0 bridgehead atoms. The molecule has 0 aromatic carbocycles. The highest BCUT2D eigenvalue weighted by molar-refractivity contribution is 5.93. The van der Waals surface area contributed by atoms with Gasteiger partial charge in [0.15, 0.2) is 0 Å². The van der Waals surface area contributed by atoms with Crippen molar-refractivity contribution in [3.63, 3.8) is 0 Å². The van der Waals surface area contributed by atoms with Crippen LogP contribution in [0.15, 0.2) is 6.07 Å². The topological polar surface area (TPSA) is 70.8 Å². The Labute approximate surface area is 162 Å². The van der Waals surface area contributed by atoms with Crippen LogP contribution in [0.4, 0.5) is 0 Å². The number of hydrogen-bond donors (Lipinski definition) is 1. The fourth-order valence-corrected chi connectivity index (χ4v) is 4.20. The van der Waals surface area contributed by atoms with Crippen molar-refractivity contribution in [1.82, 2.24) is 19.6 Å². The second-order valence-corrected chi connectivity index (χ2v) is 8.26. The third-order valence-corrected chi connectivity index (χ3v) is 5.66. The van der Waals surface area contributed by atoms with Gasteiger partial charge in [0.2, 0.25) is 0 Å². The first kappa shape index (κ1) is 20.3. The fourth-order valence-electron chi connectivity index (χ4n) is 4.20. The smallest absolute Gasteiger partial charge is 0.272 e. The average Bonchev–Trinajstić information content (AvgIpc) is 3.25. The van der Waals surface area contributed by atoms with E-state index in [0.29, 0.717) is 37.2 Å². The van der Waals surface area contributed by atoms with Crippen LogP contribution < -0.4 is 0 Å². The Kier molecular flexibility index (Phi) is 6.89. The fraction of sp³-hybridized carbons (Fsp3) is 0.800. The third kappa shape index (κ3) is 4.89. The number of ether oxygens (including phenoxy) is 1. The Morgan fingerprint density at radius 3 is 2.63 bits per heavy atom. The molecule has 3 heterocycles. The minimum Gasteiger partial charge on any atom is -0.396 e. The molecule has 2 atom stereocenters. The molecule has 2 aliphatic rings. The van der Waals surface area contributed by atoms with Crippen LogP contribution in [0.2, 0.25) is 0 Å². The van der Waals surface area contributed by atoms with Gasteiger partial charge in [0.05, 0.1) is 18.9 Å². The lowest BCUT2D eigenvalue weighted by Gasteiger charge is -2.30. The van der Waals surface area contributed by atoms with Crippen molar-refractivity contribution in [2.45, 2.75) is 33.7 Å². The molecule has 7 heteroatoms. The van der Waals surface area contributed by atoms with Crippen LogP contribution in [0.25, 0.3) is 0 Å². The molecule has 152 valence electrons. The molecule has 0 aliphatic carbocycles. The van der Waals surface area contributed by atoms with Crippen molar-refractivity contribution in [1.29, 1.82) is 0 Å². The normalized spacial score (nSPS) is 24.1. The first-order valence-electron chi connectivity index (χ1n) is 10.3. The lowest BCUT2D eigenvalue weighted by Crippen LogP contribution is -2.41. The van der Waals surface area contributed by atoms with E-state index >= 15 is 0 Å². The molecule has 3 rings (SSSR count). The quantitative estimate of drug-likeness (QED) is 0.770. The lowest BCUT2D eigenvalue weighted by atomic mass is 9.96. The second kappa shape index (κ2) is 9.17. The molecule has 2 saturated heterocycles. The predicted molar refractivity (Wildman–Crippen MR) is 104 cm³/mol. The number of aromatic nitrogens is 2. The molecular weight excluding hydrogens is 344 g/mol. The molecule has 1 amide bonds. The number of aryl methyl sites for hydroxylation is 1. The maximum Gasteiger partial charge on any atom is 0.272 e. The van der Waals surface area contributed by atoms with Gasteiger partial charge in [-0.3, -0.25) is 14.4 Å². The number of rotatable bonds is 7. The highest BCUT2D eigenvalue weighted by Gasteiger charge is 2.37. The average molecular weight is 379 g/mol. The Morgan fingerprint density at radius 2 is 2.00 bits per heavy atom. The number of hydrogen-bond acceptors (Lipinski definition) is 5. The summed E-state index contributed by atoms with van der Waals surface area (Å²) in [4.78, 5) is 17.5. The summed E-state index contributed by atoms with van der Waals surface area (Å²) >= 11 is 0. The molecule has 1 N–H and O–H groups in total. The van der Waals surface area contributed by atoms with Crippen molar-refractivity contribution in [3.05, 3.63) is 17.5 Å². The van der Waals surface area contributed by atoms with Crippen LogP contribution in [-0.2, 0) is 17.7 Å². The molecule has 1 aromatic rings. The summed E-state index contributed by atoms with van der Waals surface area (Å²) in [5.41, 5.74) is 1.66. The van der Waals surface area contributed by atoms with Crippen molar-refractivity contribution in [2.24, 2.45) is 17.8 Å². The van der Waals surface area contributed by atoms with Crippen molar-refractivity contribution >= 4 is 5.91 Å². The number of morpholine rings is 1. The van der Waals surface area contributed by atoms with Crippen molar-refractivity contribution < 1.29 is 14.6 Å². The van der Waals surface area contributed by atoms with Gasteiger partial charge in [-0.2, -0.15) is 5.10 Å². The van der Waals surface area contributed by atoms with Crippen molar-refractivity contribution in [3.8, 4) is 0 Å². The lowest BCUT2D eigenvalue weighted by molar-refractivity contribution is 0.0264. The first-order chi connectivity index (χ1) is 13.0. The predicted octanol–water partition coefficient (Wildman–Crippen LogP) is 1.11. The molecular formula is C20H34N4O3. The zero-order chi connectivity index (χ0) is 19.4. The highest BCUT2D eigenvalue weighted by atomic mass is 16.5. The number of aliphatic hydroxyl groups excluding tert-OH is 1. The Bertz CT molecular complexity index is 625. The van der Waals surface area contributed by atoms with Crippen molar-refractivity contribution in [2.75, 3.05) is 52.5 Å². The van der Waals surface area contributed by atoms with Crippen LogP contribution in [0.5, 0.6) is 0 Å². The summed E-state index contributed by atoms with van der Waals surface area (Å²) in [5.74, 6) is 1.01. The Balaban J connectivity index is 1.68. The summed E-state index contributed by atoms with van der Waals surface area (Å²) in [5, 5.41) is 14.5. The van der Waals surface area contributed by atoms with Gasteiger partial charge < -0.3 is 14.7 Å². The Morgan fingerprint density at radius 1 is 1.30 bits per heavy atom. The third-order valence-electron chi connectivity index (χ3n) is 5.66. The minimum atomic E-state index is 0.0438. The highest BCUT2D eigenvalue weighted by Crippen LogP contribution is 2.26. The van der Waals surface area contributed by atoms with E-state index in [-0.39, 0.29) is 18.4 Å². The van der Waals surface area contributed by atoms with Gasteiger partial charge in [-0.25, -0.2) is 0 Å². The van der Waals surface area contributed by atoms with E-state index < -0.39 is 0 Å². The van der Waals surface area contributed by atoms with E-state index in [1.54, 1.807) is 0 Å². The van der Waals surface area contributed by atoms with Gasteiger partial charge in [-0.05, 0) is 31.2 Å². The summed E-state index contributed by atoms with van der Waals surface area (Å²) in [7, 11) is 0. The SMILES string of the molecule is CCn1nc(CC(C)C)cc1C(=O)N1C[C@@H](CN2CCOCC2)[C@@H](CO)C1. The number of nitrogens with zero attached hydrogens (tertiary/aromatic N) is 4. The van der Waals surface area contributed by atoms with Gasteiger partial charge in [0.1, 0.15) is 5.69 Å². The van der Waals surface area contributed by atoms with Gasteiger partial charge in [0, 0.05) is 51.8 Å². The van der Waals surface area contributed by atoms with Crippen LogP contribution >= 0.6 is 0 Å². The minimum absolute atomic E-state index is 0.0438. The molecule has 27 heavy (non-hydrogen) atoms. The van der Waals surface area contributed by atoms with E-state index in [1.807, 2.05) is 22.6 Å². The summed E-state index contributed by atoms with van der Waals surface area (Å²) in [6, 6.07) is 1.95. The van der Waals surface area contributed by atoms with Crippen LogP contribution in [-0.4, -0.2) is 83.1 Å². The standard InChI is InChI=1S/C20H34N4O3/c1-4-24-19(10-18(21-24)9-15(2)3)20(26)23-12-16(17(13-23)14-25)11-22-5-7-27-8-6-22/h10,15-17,25H,4-9,11-14H2,1-3H3/t16-,17-/m1/s1. The number of amides is 1. The Hall–Kier alpha value is -1.44. The van der Waals surface area contributed by atoms with E-state index in [1.165, 1.54) is 0 Å². The van der Waals surface area contributed by atoms with E-state index in [4.69, 9.17) is 4.74 Å². The zero-order valence-corrected chi connectivity index (χ0v) is 16.9. The summed E-state index contributed by atoms with van der Waals surface area (Å²) < 4.78 is 7.25. The molecule has 1 aromatic heterocycles. The second-order valence-electron chi connectivity index (χ2n) is 8.26. The van der Waals surface area contributed by atoms with Crippen LogP contribution in [0.1, 0.15) is 37.0 Å². The van der Waals surface area contributed by atoms with Gasteiger partial charge >= 0.3 is 0 Å². The van der Waals surface area contributed by atoms with E-state index in [9.17, 15) is 9.90 Å². The van der Waals surface area contributed by atoms with Crippen LogP contribution in [0, 0.1) is 17.8 Å². The molecule has 0 saturated carbocycles. The monoisotopic (exact) mass is 378 g/mol. The number of carbonyl (C=O) groups is 1. The molecule has 0 unspecified atom stereocenters. The van der Waals surface area contributed by atoms with Crippen LogP contribution in [0.3, 0.4) is 0 Å². The van der Waals surface area contributed by atoms with Gasteiger partial charge in [0.25, 0.3) is 5.91 Å². The molecule has 2 fully saturated rings. The zero-order valence-electron chi connectivity index (χ0n) is 16.9. The first-order valence-corrected chi connectivity index (χ1v) is 10.3. The summed E-state index contributed by atoms with van der Waals surface area (Å²) in [6.45, 7) is 12.8. The molecule has 0 spiro atoms. The summed E-state index contributed by atoms with van der Waals surface area (Å²) in [6.07, 6.45) is 0.881. The largest absolute Gasteiger partial charge is 0.396 e. The van der Waals surface area contributed by atoms with E-state index in [0.717, 1.165) is 45.0 Å². The number of aliphatic hydroxyl groups is 1. The van der Waals surface area contributed by atoms with Gasteiger partial charge in [-0.1, -0.05) is 13.8 Å². The maximum atomic E-state index is 13.2. The number of likely N-dealkylation sites (tertiary alicyclic amines) is 1. The molecule has 7 nitrogen and oxygen atoms in total. The molecule has 2 aliphatic heterocycles. The van der Waals surface area contributed by atoms with E-state index in [2.05, 4.69) is 23.8 Å². The number of carbonyl (C=O) groups excluding carboxylic acids is 1. The van der Waals surface area contributed by atoms with Gasteiger partial charge in [-0.15, -0.1) is 0 Å². The maximum absolute atomic E-state index is 13.2.